The van der Waals surface area contributed by atoms with Crippen molar-refractivity contribution in [2.24, 2.45) is 5.84 Å². The fourth-order valence-corrected chi connectivity index (χ4v) is 1.68. The van der Waals surface area contributed by atoms with Gasteiger partial charge in [-0.25, -0.2) is 10.8 Å². The maximum atomic E-state index is 5.74. The van der Waals surface area contributed by atoms with Gasteiger partial charge in [0.05, 0.1) is 0 Å². The molecule has 0 aliphatic rings. The number of aryl methyl sites for hydroxylation is 3. The van der Waals surface area contributed by atoms with Crippen molar-refractivity contribution in [2.75, 3.05) is 5.43 Å². The molecule has 1 heterocycles. The van der Waals surface area contributed by atoms with Crippen molar-refractivity contribution < 1.29 is 4.74 Å². The van der Waals surface area contributed by atoms with Gasteiger partial charge in [0.15, 0.2) is 0 Å². The number of hydrogen-bond acceptors (Lipinski definition) is 5. The number of rotatable bonds is 3. The molecule has 0 spiro atoms. The Balaban J connectivity index is 2.30. The van der Waals surface area contributed by atoms with Crippen molar-refractivity contribution in [1.29, 1.82) is 0 Å². The monoisotopic (exact) mass is 244 g/mol. The summed E-state index contributed by atoms with van der Waals surface area (Å²) in [6, 6.07) is 7.75. The highest BCUT2D eigenvalue weighted by atomic mass is 16.5. The molecule has 0 fully saturated rings. The zero-order valence-corrected chi connectivity index (χ0v) is 10.7. The van der Waals surface area contributed by atoms with E-state index in [1.54, 1.807) is 6.07 Å². The predicted octanol–water partition coefficient (Wildman–Crippen LogP) is 2.48. The zero-order chi connectivity index (χ0) is 13.1. The number of aromatic nitrogens is 2. The van der Waals surface area contributed by atoms with Crippen LogP contribution in [0, 0.1) is 20.8 Å². The number of nitrogens with zero attached hydrogens (tertiary/aromatic N) is 2. The number of nitrogens with two attached hydrogens (primary N) is 1. The first-order valence-corrected chi connectivity index (χ1v) is 5.66. The standard InChI is InChI=1S/C13H16N4O/c1-8-4-5-11(9(2)6-8)18-12-7-10(3)15-13(16-12)17-14/h4-7H,14H2,1-3H3,(H,15,16,17). The molecule has 3 N–H and O–H groups in total. The van der Waals surface area contributed by atoms with Gasteiger partial charge < -0.3 is 4.74 Å². The third-order valence-corrected chi connectivity index (χ3v) is 2.50. The average molecular weight is 244 g/mol. The fraction of sp³-hybridized carbons (Fsp3) is 0.231. The van der Waals surface area contributed by atoms with Crippen molar-refractivity contribution in [2.45, 2.75) is 20.8 Å². The van der Waals surface area contributed by atoms with E-state index in [1.165, 1.54) is 5.56 Å². The van der Waals surface area contributed by atoms with Gasteiger partial charge in [0.25, 0.3) is 0 Å². The minimum absolute atomic E-state index is 0.342. The number of nitrogens with one attached hydrogen (secondary N) is 1. The van der Waals surface area contributed by atoms with E-state index < -0.39 is 0 Å². The van der Waals surface area contributed by atoms with E-state index in [9.17, 15) is 0 Å². The lowest BCUT2D eigenvalue weighted by molar-refractivity contribution is 0.458. The Morgan fingerprint density at radius 1 is 1.11 bits per heavy atom. The molecular weight excluding hydrogens is 228 g/mol. The maximum absolute atomic E-state index is 5.74. The van der Waals surface area contributed by atoms with Crippen LogP contribution in [-0.4, -0.2) is 9.97 Å². The number of nitrogen functional groups attached to an aromatic ring is 1. The van der Waals surface area contributed by atoms with E-state index in [1.807, 2.05) is 32.9 Å². The van der Waals surface area contributed by atoms with E-state index in [0.29, 0.717) is 11.8 Å². The van der Waals surface area contributed by atoms with E-state index in [2.05, 4.69) is 21.5 Å². The molecule has 0 bridgehead atoms. The molecule has 0 amide bonds. The van der Waals surface area contributed by atoms with Crippen LogP contribution in [0.15, 0.2) is 24.3 Å². The fourth-order valence-electron chi connectivity index (χ4n) is 1.68. The van der Waals surface area contributed by atoms with Crippen LogP contribution in [-0.2, 0) is 0 Å². The highest BCUT2D eigenvalue weighted by molar-refractivity contribution is 5.39. The van der Waals surface area contributed by atoms with Gasteiger partial charge in [-0.1, -0.05) is 17.7 Å². The summed E-state index contributed by atoms with van der Waals surface area (Å²) in [5.41, 5.74) is 5.47. The lowest BCUT2D eigenvalue weighted by atomic mass is 10.1. The lowest BCUT2D eigenvalue weighted by Crippen LogP contribution is -2.11. The second-order valence-corrected chi connectivity index (χ2v) is 4.19. The normalized spacial score (nSPS) is 10.2. The Morgan fingerprint density at radius 3 is 2.56 bits per heavy atom. The van der Waals surface area contributed by atoms with Gasteiger partial charge in [-0.05, 0) is 32.4 Å². The highest BCUT2D eigenvalue weighted by Gasteiger charge is 2.05. The Labute approximate surface area is 106 Å². The zero-order valence-electron chi connectivity index (χ0n) is 10.7. The summed E-state index contributed by atoms with van der Waals surface area (Å²) in [6.45, 7) is 5.90. The van der Waals surface area contributed by atoms with Crippen LogP contribution in [0.3, 0.4) is 0 Å². The molecule has 0 radical (unpaired) electrons. The SMILES string of the molecule is Cc1ccc(Oc2cc(C)nc(NN)n2)c(C)c1. The first kappa shape index (κ1) is 12.3. The van der Waals surface area contributed by atoms with Gasteiger partial charge in [-0.15, -0.1) is 0 Å². The van der Waals surface area contributed by atoms with Gasteiger partial charge in [0, 0.05) is 11.8 Å². The molecule has 5 heteroatoms. The molecule has 0 saturated heterocycles. The summed E-state index contributed by atoms with van der Waals surface area (Å²) in [5.74, 6) is 6.90. The Bertz CT molecular complexity index is 569. The Kier molecular flexibility index (Phi) is 3.43. The van der Waals surface area contributed by atoms with Gasteiger partial charge in [0.1, 0.15) is 5.75 Å². The van der Waals surface area contributed by atoms with Crippen LogP contribution < -0.4 is 16.0 Å². The van der Waals surface area contributed by atoms with Gasteiger partial charge in [0.2, 0.25) is 11.8 Å². The first-order valence-electron chi connectivity index (χ1n) is 5.66. The smallest absolute Gasteiger partial charge is 0.240 e. The van der Waals surface area contributed by atoms with Crippen molar-refractivity contribution in [3.63, 3.8) is 0 Å². The molecular formula is C13H16N4O. The number of benzene rings is 1. The topological polar surface area (TPSA) is 73.1 Å². The molecule has 0 atom stereocenters. The number of hydrazine groups is 1. The average Bonchev–Trinajstić information content (AvgIpc) is 2.32. The number of hydrogen-bond donors (Lipinski definition) is 2. The molecule has 1 aromatic heterocycles. The summed E-state index contributed by atoms with van der Waals surface area (Å²) < 4.78 is 5.74. The number of anilines is 1. The largest absolute Gasteiger partial charge is 0.439 e. The van der Waals surface area contributed by atoms with Crippen LogP contribution in [0.5, 0.6) is 11.6 Å². The van der Waals surface area contributed by atoms with Crippen molar-refractivity contribution in [1.82, 2.24) is 9.97 Å². The van der Waals surface area contributed by atoms with Crippen LogP contribution in [0.2, 0.25) is 0 Å². The minimum Gasteiger partial charge on any atom is -0.439 e. The predicted molar refractivity (Wildman–Crippen MR) is 70.6 cm³/mol. The van der Waals surface area contributed by atoms with Crippen LogP contribution in [0.4, 0.5) is 5.95 Å². The third kappa shape index (κ3) is 2.75. The molecule has 5 nitrogen and oxygen atoms in total. The van der Waals surface area contributed by atoms with Crippen LogP contribution in [0.1, 0.15) is 16.8 Å². The molecule has 0 saturated carbocycles. The van der Waals surface area contributed by atoms with Crippen LogP contribution in [0.25, 0.3) is 0 Å². The molecule has 18 heavy (non-hydrogen) atoms. The van der Waals surface area contributed by atoms with E-state index in [4.69, 9.17) is 10.6 Å². The molecule has 1 aromatic carbocycles. The Morgan fingerprint density at radius 2 is 1.89 bits per heavy atom. The second-order valence-electron chi connectivity index (χ2n) is 4.19. The number of ether oxygens (including phenoxy) is 1. The summed E-state index contributed by atoms with van der Waals surface area (Å²) in [6.07, 6.45) is 0. The molecule has 94 valence electrons. The quantitative estimate of drug-likeness (QED) is 0.641. The van der Waals surface area contributed by atoms with Gasteiger partial charge in [-0.3, -0.25) is 5.43 Å². The van der Waals surface area contributed by atoms with Gasteiger partial charge in [-0.2, -0.15) is 4.98 Å². The summed E-state index contributed by atoms with van der Waals surface area (Å²) in [7, 11) is 0. The summed E-state index contributed by atoms with van der Waals surface area (Å²) in [4.78, 5) is 8.24. The minimum atomic E-state index is 0.342. The van der Waals surface area contributed by atoms with Gasteiger partial charge >= 0.3 is 0 Å². The molecule has 2 aromatic rings. The highest BCUT2D eigenvalue weighted by Crippen LogP contribution is 2.25. The van der Waals surface area contributed by atoms with Crippen molar-refractivity contribution in [3.8, 4) is 11.6 Å². The van der Waals surface area contributed by atoms with E-state index in [0.717, 1.165) is 17.0 Å². The lowest BCUT2D eigenvalue weighted by Gasteiger charge is -2.10. The molecule has 0 aliphatic heterocycles. The van der Waals surface area contributed by atoms with Crippen molar-refractivity contribution >= 4 is 5.95 Å². The molecule has 0 unspecified atom stereocenters. The third-order valence-electron chi connectivity index (χ3n) is 2.50. The molecule has 0 aliphatic carbocycles. The summed E-state index contributed by atoms with van der Waals surface area (Å²) >= 11 is 0. The first-order chi connectivity index (χ1) is 8.58. The Hall–Kier alpha value is -2.14. The van der Waals surface area contributed by atoms with E-state index >= 15 is 0 Å². The van der Waals surface area contributed by atoms with Crippen molar-refractivity contribution in [3.05, 3.63) is 41.1 Å². The maximum Gasteiger partial charge on any atom is 0.240 e. The second kappa shape index (κ2) is 5.01. The summed E-state index contributed by atoms with van der Waals surface area (Å²) in [5, 5.41) is 0. The van der Waals surface area contributed by atoms with Crippen LogP contribution >= 0.6 is 0 Å². The van der Waals surface area contributed by atoms with E-state index in [-0.39, 0.29) is 0 Å². The molecule has 2 rings (SSSR count).